The Morgan fingerprint density at radius 3 is 2.61 bits per heavy atom. The molecular formula is C15H30N2O. The minimum absolute atomic E-state index is 0.192. The Hall–Kier alpha value is -0.570. The highest BCUT2D eigenvalue weighted by atomic mass is 16.1. The number of piperidine rings is 1. The second-order valence-electron chi connectivity index (χ2n) is 6.97. The normalized spacial score (nSPS) is 26.7. The average molecular weight is 254 g/mol. The number of carbonyl (C=O) groups excluding carboxylic acids is 1. The molecule has 1 fully saturated rings. The Kier molecular flexibility index (Phi) is 5.64. The molecule has 18 heavy (non-hydrogen) atoms. The summed E-state index contributed by atoms with van der Waals surface area (Å²) in [5.74, 6) is 0.605. The van der Waals surface area contributed by atoms with Gasteiger partial charge in [0.1, 0.15) is 0 Å². The number of carbonyl (C=O) groups is 1. The lowest BCUT2D eigenvalue weighted by molar-refractivity contribution is -0.122. The molecule has 0 bridgehead atoms. The van der Waals surface area contributed by atoms with Gasteiger partial charge in [0.2, 0.25) is 5.91 Å². The van der Waals surface area contributed by atoms with Gasteiger partial charge in [-0.05, 0) is 31.1 Å². The van der Waals surface area contributed by atoms with E-state index in [4.69, 9.17) is 0 Å². The first kappa shape index (κ1) is 15.5. The van der Waals surface area contributed by atoms with Gasteiger partial charge >= 0.3 is 0 Å². The summed E-state index contributed by atoms with van der Waals surface area (Å²) in [6.07, 6.45) is 4.34. The molecule has 106 valence electrons. The molecule has 1 aliphatic rings. The fourth-order valence-corrected chi connectivity index (χ4v) is 2.29. The number of amides is 1. The van der Waals surface area contributed by atoms with E-state index in [1.807, 2.05) is 0 Å². The average Bonchev–Trinajstić information content (AvgIpc) is 2.25. The van der Waals surface area contributed by atoms with Gasteiger partial charge < -0.3 is 10.6 Å². The van der Waals surface area contributed by atoms with Gasteiger partial charge in [0.15, 0.2) is 0 Å². The maximum Gasteiger partial charge on any atom is 0.220 e. The van der Waals surface area contributed by atoms with Crippen LogP contribution in [0, 0.1) is 11.3 Å². The Bertz CT molecular complexity index is 270. The standard InChI is InChI=1S/C15H30N2O/c1-11(15(3,4)5)9-14(18)16-10-13-8-6-7-12(2)17-13/h11-13,17H,6-10H2,1-5H3,(H,16,18). The summed E-state index contributed by atoms with van der Waals surface area (Å²) in [6.45, 7) is 11.7. The molecule has 3 nitrogen and oxygen atoms in total. The van der Waals surface area contributed by atoms with E-state index in [-0.39, 0.29) is 11.3 Å². The van der Waals surface area contributed by atoms with Crippen molar-refractivity contribution in [1.82, 2.24) is 10.6 Å². The second kappa shape index (κ2) is 6.55. The summed E-state index contributed by atoms with van der Waals surface area (Å²) >= 11 is 0. The maximum absolute atomic E-state index is 11.9. The van der Waals surface area contributed by atoms with Crippen LogP contribution in [0.25, 0.3) is 0 Å². The maximum atomic E-state index is 11.9. The zero-order valence-electron chi connectivity index (χ0n) is 12.7. The SMILES string of the molecule is CC1CCCC(CNC(=O)CC(C)C(C)(C)C)N1. The third-order valence-corrected chi connectivity index (χ3v) is 4.23. The van der Waals surface area contributed by atoms with E-state index in [1.165, 1.54) is 19.3 Å². The lowest BCUT2D eigenvalue weighted by Crippen LogP contribution is -2.47. The molecule has 1 saturated heterocycles. The third kappa shape index (κ3) is 5.38. The minimum Gasteiger partial charge on any atom is -0.355 e. The Balaban J connectivity index is 2.24. The Morgan fingerprint density at radius 2 is 2.06 bits per heavy atom. The van der Waals surface area contributed by atoms with E-state index < -0.39 is 0 Å². The molecule has 0 saturated carbocycles. The molecule has 0 radical (unpaired) electrons. The van der Waals surface area contributed by atoms with Crippen molar-refractivity contribution in [2.24, 2.45) is 11.3 Å². The quantitative estimate of drug-likeness (QED) is 0.810. The molecule has 1 aliphatic heterocycles. The van der Waals surface area contributed by atoms with E-state index in [0.717, 1.165) is 6.54 Å². The first-order chi connectivity index (χ1) is 8.29. The summed E-state index contributed by atoms with van der Waals surface area (Å²) in [5.41, 5.74) is 0.203. The van der Waals surface area contributed by atoms with Gasteiger partial charge in [-0.3, -0.25) is 4.79 Å². The number of hydrogen-bond donors (Lipinski definition) is 2. The molecule has 0 aromatic heterocycles. The molecule has 0 spiro atoms. The summed E-state index contributed by atoms with van der Waals surface area (Å²) in [7, 11) is 0. The van der Waals surface area contributed by atoms with E-state index in [0.29, 0.717) is 24.4 Å². The second-order valence-corrected chi connectivity index (χ2v) is 6.97. The first-order valence-electron chi connectivity index (χ1n) is 7.31. The minimum atomic E-state index is 0.192. The summed E-state index contributed by atoms with van der Waals surface area (Å²) < 4.78 is 0. The van der Waals surface area contributed by atoms with Gasteiger partial charge in [0.25, 0.3) is 0 Å². The molecule has 1 amide bonds. The highest BCUT2D eigenvalue weighted by Crippen LogP contribution is 2.27. The topological polar surface area (TPSA) is 41.1 Å². The van der Waals surface area contributed by atoms with Crippen LogP contribution in [-0.4, -0.2) is 24.5 Å². The van der Waals surface area contributed by atoms with Crippen molar-refractivity contribution < 1.29 is 4.79 Å². The highest BCUT2D eigenvalue weighted by Gasteiger charge is 2.23. The molecule has 3 heteroatoms. The lowest BCUT2D eigenvalue weighted by atomic mass is 9.80. The summed E-state index contributed by atoms with van der Waals surface area (Å²) in [6, 6.07) is 1.05. The molecule has 0 aromatic rings. The van der Waals surface area contributed by atoms with E-state index in [2.05, 4.69) is 45.3 Å². The first-order valence-corrected chi connectivity index (χ1v) is 7.31. The molecule has 0 aliphatic carbocycles. The molecule has 2 N–H and O–H groups in total. The van der Waals surface area contributed by atoms with Gasteiger partial charge in [0.05, 0.1) is 0 Å². The van der Waals surface area contributed by atoms with Gasteiger partial charge in [-0.2, -0.15) is 0 Å². The Morgan fingerprint density at radius 1 is 1.39 bits per heavy atom. The van der Waals surface area contributed by atoms with Crippen LogP contribution in [0.1, 0.15) is 60.3 Å². The van der Waals surface area contributed by atoms with Gasteiger partial charge in [-0.25, -0.2) is 0 Å². The molecule has 3 unspecified atom stereocenters. The number of nitrogens with one attached hydrogen (secondary N) is 2. The van der Waals surface area contributed by atoms with E-state index in [1.54, 1.807) is 0 Å². The monoisotopic (exact) mass is 254 g/mol. The van der Waals surface area contributed by atoms with Crippen LogP contribution in [0.4, 0.5) is 0 Å². The van der Waals surface area contributed by atoms with E-state index >= 15 is 0 Å². The van der Waals surface area contributed by atoms with Gasteiger partial charge in [0, 0.05) is 25.0 Å². The smallest absolute Gasteiger partial charge is 0.220 e. The zero-order valence-corrected chi connectivity index (χ0v) is 12.7. The molecule has 1 rings (SSSR count). The number of hydrogen-bond acceptors (Lipinski definition) is 2. The summed E-state index contributed by atoms with van der Waals surface area (Å²) in [4.78, 5) is 11.9. The number of rotatable bonds is 4. The molecule has 1 heterocycles. The fraction of sp³-hybridized carbons (Fsp3) is 0.933. The van der Waals surface area contributed by atoms with Crippen LogP contribution in [0.2, 0.25) is 0 Å². The third-order valence-electron chi connectivity index (χ3n) is 4.23. The molecule has 3 atom stereocenters. The molecule has 0 aromatic carbocycles. The van der Waals surface area contributed by atoms with Crippen LogP contribution in [0.15, 0.2) is 0 Å². The van der Waals surface area contributed by atoms with Crippen molar-refractivity contribution in [1.29, 1.82) is 0 Å². The van der Waals surface area contributed by atoms with Crippen LogP contribution in [0.3, 0.4) is 0 Å². The fourth-order valence-electron chi connectivity index (χ4n) is 2.29. The molecular weight excluding hydrogens is 224 g/mol. The van der Waals surface area contributed by atoms with Crippen LogP contribution < -0.4 is 10.6 Å². The zero-order chi connectivity index (χ0) is 13.8. The Labute approximate surface area is 112 Å². The van der Waals surface area contributed by atoms with Crippen LogP contribution >= 0.6 is 0 Å². The lowest BCUT2D eigenvalue weighted by Gasteiger charge is -2.30. The van der Waals surface area contributed by atoms with Crippen molar-refractivity contribution in [3.63, 3.8) is 0 Å². The van der Waals surface area contributed by atoms with Crippen LogP contribution in [0.5, 0.6) is 0 Å². The van der Waals surface area contributed by atoms with Crippen LogP contribution in [-0.2, 0) is 4.79 Å². The highest BCUT2D eigenvalue weighted by molar-refractivity contribution is 5.76. The van der Waals surface area contributed by atoms with E-state index in [9.17, 15) is 4.79 Å². The summed E-state index contributed by atoms with van der Waals surface area (Å²) in [5, 5.41) is 6.61. The van der Waals surface area contributed by atoms with Crippen molar-refractivity contribution in [3.05, 3.63) is 0 Å². The largest absolute Gasteiger partial charge is 0.355 e. The predicted molar refractivity (Wildman–Crippen MR) is 76.5 cm³/mol. The van der Waals surface area contributed by atoms with Crippen molar-refractivity contribution in [3.8, 4) is 0 Å². The van der Waals surface area contributed by atoms with Crippen molar-refractivity contribution in [2.75, 3.05) is 6.54 Å². The van der Waals surface area contributed by atoms with Crippen molar-refractivity contribution >= 4 is 5.91 Å². The van der Waals surface area contributed by atoms with Gasteiger partial charge in [-0.15, -0.1) is 0 Å². The predicted octanol–water partition coefficient (Wildman–Crippen LogP) is 2.71. The van der Waals surface area contributed by atoms with Gasteiger partial charge in [-0.1, -0.05) is 34.1 Å². The van der Waals surface area contributed by atoms with Crippen molar-refractivity contribution in [2.45, 2.75) is 72.4 Å².